The van der Waals surface area contributed by atoms with Crippen LogP contribution in [0.1, 0.15) is 0 Å². The maximum absolute atomic E-state index is 6.47. The van der Waals surface area contributed by atoms with Crippen LogP contribution in [0.4, 0.5) is 17.1 Å². The minimum absolute atomic E-state index is 0.891. The maximum atomic E-state index is 6.47. The number of anilines is 3. The Balaban J connectivity index is 1.17. The summed E-state index contributed by atoms with van der Waals surface area (Å²) in [5.74, 6) is 0. The highest BCUT2D eigenvalue weighted by Gasteiger charge is 2.21. The molecule has 230 valence electrons. The SMILES string of the molecule is c1ccc(-c2ccc(N(c3ccc(-c4cccc5c4oc4ccccc45)cc3)c3cc4c5ccccc5oc4c4ccccc34)cc2)cc1. The van der Waals surface area contributed by atoms with Crippen LogP contribution in [0.25, 0.3) is 76.9 Å². The van der Waals surface area contributed by atoms with E-state index in [0.29, 0.717) is 0 Å². The van der Waals surface area contributed by atoms with Gasteiger partial charge in [0.15, 0.2) is 0 Å². The lowest BCUT2D eigenvalue weighted by atomic mass is 10.00. The van der Waals surface area contributed by atoms with Crippen LogP contribution in [-0.4, -0.2) is 0 Å². The molecule has 0 saturated carbocycles. The van der Waals surface area contributed by atoms with Crippen LogP contribution >= 0.6 is 0 Å². The van der Waals surface area contributed by atoms with Crippen molar-refractivity contribution in [2.45, 2.75) is 0 Å². The van der Waals surface area contributed by atoms with Gasteiger partial charge in [-0.1, -0.05) is 133 Å². The Hall–Kier alpha value is -6.58. The van der Waals surface area contributed by atoms with Gasteiger partial charge < -0.3 is 13.7 Å². The summed E-state index contributed by atoms with van der Waals surface area (Å²) >= 11 is 0. The van der Waals surface area contributed by atoms with Gasteiger partial charge in [-0.05, 0) is 59.2 Å². The number of fused-ring (bicyclic) bond motifs is 8. The highest BCUT2D eigenvalue weighted by molar-refractivity contribution is 6.19. The summed E-state index contributed by atoms with van der Waals surface area (Å²) in [5.41, 5.74) is 11.4. The molecule has 3 nitrogen and oxygen atoms in total. The molecule has 0 bridgehead atoms. The Morgan fingerprint density at radius 3 is 1.51 bits per heavy atom. The zero-order chi connectivity index (χ0) is 32.3. The average molecular weight is 628 g/mol. The maximum Gasteiger partial charge on any atom is 0.143 e. The van der Waals surface area contributed by atoms with Gasteiger partial charge in [-0.15, -0.1) is 0 Å². The van der Waals surface area contributed by atoms with Gasteiger partial charge >= 0.3 is 0 Å². The number of para-hydroxylation sites is 3. The van der Waals surface area contributed by atoms with E-state index >= 15 is 0 Å². The predicted molar refractivity (Wildman–Crippen MR) is 204 cm³/mol. The molecule has 0 aliphatic rings. The fourth-order valence-electron chi connectivity index (χ4n) is 7.34. The first-order valence-electron chi connectivity index (χ1n) is 16.6. The molecule has 0 fully saturated rings. The molecule has 8 aromatic carbocycles. The van der Waals surface area contributed by atoms with Gasteiger partial charge in [-0.2, -0.15) is 0 Å². The fourth-order valence-corrected chi connectivity index (χ4v) is 7.34. The van der Waals surface area contributed by atoms with E-state index in [-0.39, 0.29) is 0 Å². The van der Waals surface area contributed by atoms with Crippen molar-refractivity contribution in [2.75, 3.05) is 4.90 Å². The summed E-state index contributed by atoms with van der Waals surface area (Å²) in [4.78, 5) is 2.36. The summed E-state index contributed by atoms with van der Waals surface area (Å²) in [6.07, 6.45) is 0. The Morgan fingerprint density at radius 2 is 0.816 bits per heavy atom. The zero-order valence-electron chi connectivity index (χ0n) is 26.5. The first kappa shape index (κ1) is 27.5. The van der Waals surface area contributed by atoms with Gasteiger partial charge in [0.1, 0.15) is 22.3 Å². The summed E-state index contributed by atoms with van der Waals surface area (Å²) in [7, 11) is 0. The number of nitrogens with zero attached hydrogens (tertiary/aromatic N) is 1. The average Bonchev–Trinajstić information content (AvgIpc) is 3.75. The summed E-state index contributed by atoms with van der Waals surface area (Å²) < 4.78 is 12.9. The molecule has 0 unspecified atom stereocenters. The highest BCUT2D eigenvalue weighted by Crippen LogP contribution is 2.45. The third kappa shape index (κ3) is 4.44. The Bertz CT molecular complexity index is 2810. The third-order valence-corrected chi connectivity index (χ3v) is 9.68. The van der Waals surface area contributed by atoms with Gasteiger partial charge in [-0.3, -0.25) is 0 Å². The second-order valence-electron chi connectivity index (χ2n) is 12.5. The smallest absolute Gasteiger partial charge is 0.143 e. The molecule has 0 aliphatic carbocycles. The molecule has 0 atom stereocenters. The molecule has 3 heteroatoms. The van der Waals surface area contributed by atoms with E-state index in [1.165, 1.54) is 11.1 Å². The van der Waals surface area contributed by atoms with Gasteiger partial charge in [0.2, 0.25) is 0 Å². The van der Waals surface area contributed by atoms with Crippen LogP contribution in [0.15, 0.2) is 185 Å². The number of hydrogen-bond donors (Lipinski definition) is 0. The molecule has 0 saturated heterocycles. The van der Waals surface area contributed by atoms with Crippen molar-refractivity contribution >= 4 is 71.7 Å². The van der Waals surface area contributed by atoms with Crippen LogP contribution in [-0.2, 0) is 0 Å². The Kier molecular flexibility index (Phi) is 6.18. The van der Waals surface area contributed by atoms with Crippen LogP contribution in [0.5, 0.6) is 0 Å². The summed E-state index contributed by atoms with van der Waals surface area (Å²) in [5, 5.41) is 6.68. The molecule has 2 aromatic heterocycles. The van der Waals surface area contributed by atoms with Crippen molar-refractivity contribution in [2.24, 2.45) is 0 Å². The lowest BCUT2D eigenvalue weighted by Crippen LogP contribution is -2.10. The fraction of sp³-hybridized carbons (Fsp3) is 0. The number of furan rings is 2. The Morgan fingerprint density at radius 1 is 0.327 bits per heavy atom. The molecule has 10 rings (SSSR count). The quantitative estimate of drug-likeness (QED) is 0.190. The molecule has 10 aromatic rings. The molecule has 0 amide bonds. The van der Waals surface area contributed by atoms with Crippen molar-refractivity contribution in [3.8, 4) is 22.3 Å². The monoisotopic (exact) mass is 627 g/mol. The van der Waals surface area contributed by atoms with Gasteiger partial charge in [0.25, 0.3) is 0 Å². The van der Waals surface area contributed by atoms with E-state index in [9.17, 15) is 0 Å². The first-order valence-corrected chi connectivity index (χ1v) is 16.6. The van der Waals surface area contributed by atoms with E-state index in [1.807, 2.05) is 24.3 Å². The zero-order valence-corrected chi connectivity index (χ0v) is 26.5. The van der Waals surface area contributed by atoms with Gasteiger partial charge in [-0.25, -0.2) is 0 Å². The lowest BCUT2D eigenvalue weighted by Gasteiger charge is -2.27. The normalized spacial score (nSPS) is 11.7. The van der Waals surface area contributed by atoms with Crippen molar-refractivity contribution < 1.29 is 8.83 Å². The van der Waals surface area contributed by atoms with Crippen LogP contribution in [0, 0.1) is 0 Å². The van der Waals surface area contributed by atoms with Crippen LogP contribution < -0.4 is 4.90 Å². The lowest BCUT2D eigenvalue weighted by molar-refractivity contribution is 0.670. The second-order valence-corrected chi connectivity index (χ2v) is 12.5. The Labute approximate surface area is 282 Å². The van der Waals surface area contributed by atoms with Crippen molar-refractivity contribution in [3.05, 3.63) is 176 Å². The molecule has 0 radical (unpaired) electrons. The summed E-state index contributed by atoms with van der Waals surface area (Å²) in [6.45, 7) is 0. The highest BCUT2D eigenvalue weighted by atomic mass is 16.3. The standard InChI is InChI=1S/C46H29NO2/c1-2-11-30(12-3-1)31-21-25-33(26-22-31)47(42-29-41-38-15-7-9-20-44(38)49-46(41)39-16-5-4-13-36(39)42)34-27-23-32(24-28-34)35-17-10-18-40-37-14-6-8-19-43(37)48-45(35)40/h1-29H. The molecule has 0 spiro atoms. The first-order chi connectivity index (χ1) is 24.3. The predicted octanol–water partition coefficient (Wildman–Crippen LogP) is 13.4. The molecular formula is C46H29NO2. The molecule has 0 N–H and O–H groups in total. The second kappa shape index (κ2) is 11.0. The van der Waals surface area contributed by atoms with Crippen molar-refractivity contribution in [1.82, 2.24) is 0 Å². The minimum Gasteiger partial charge on any atom is -0.455 e. The third-order valence-electron chi connectivity index (χ3n) is 9.68. The van der Waals surface area contributed by atoms with E-state index in [4.69, 9.17) is 8.83 Å². The van der Waals surface area contributed by atoms with E-state index in [0.717, 1.165) is 82.8 Å². The molecule has 49 heavy (non-hydrogen) atoms. The van der Waals surface area contributed by atoms with Crippen LogP contribution in [0.2, 0.25) is 0 Å². The van der Waals surface area contributed by atoms with Crippen molar-refractivity contribution in [3.63, 3.8) is 0 Å². The van der Waals surface area contributed by atoms with Crippen LogP contribution in [0.3, 0.4) is 0 Å². The number of benzene rings is 8. The number of rotatable bonds is 5. The minimum atomic E-state index is 0.891. The van der Waals surface area contributed by atoms with E-state index in [2.05, 4.69) is 157 Å². The van der Waals surface area contributed by atoms with E-state index < -0.39 is 0 Å². The molecule has 2 heterocycles. The molecule has 0 aliphatic heterocycles. The van der Waals surface area contributed by atoms with Crippen molar-refractivity contribution in [1.29, 1.82) is 0 Å². The molecular weight excluding hydrogens is 599 g/mol. The summed E-state index contributed by atoms with van der Waals surface area (Å²) in [6, 6.07) is 62.0. The topological polar surface area (TPSA) is 29.5 Å². The largest absolute Gasteiger partial charge is 0.455 e. The number of hydrogen-bond acceptors (Lipinski definition) is 3. The van der Waals surface area contributed by atoms with Gasteiger partial charge in [0.05, 0.1) is 5.69 Å². The van der Waals surface area contributed by atoms with E-state index in [1.54, 1.807) is 0 Å². The van der Waals surface area contributed by atoms with Gasteiger partial charge in [0, 0.05) is 49.3 Å².